The zero-order valence-electron chi connectivity index (χ0n) is 7.62. The van der Waals surface area contributed by atoms with E-state index < -0.39 is 0 Å². The number of fused-ring (bicyclic) bond motifs is 1. The Labute approximate surface area is 77.2 Å². The first-order valence-corrected chi connectivity index (χ1v) is 4.50. The van der Waals surface area contributed by atoms with Crippen molar-refractivity contribution >= 4 is 10.9 Å². The molecule has 0 aliphatic heterocycles. The first-order valence-electron chi connectivity index (χ1n) is 4.50. The van der Waals surface area contributed by atoms with Crippen LogP contribution in [-0.4, -0.2) is 16.2 Å². The summed E-state index contributed by atoms with van der Waals surface area (Å²) in [5.74, 6) is 0. The van der Waals surface area contributed by atoms with Crippen molar-refractivity contribution in [3.8, 4) is 0 Å². The van der Waals surface area contributed by atoms with E-state index in [4.69, 9.17) is 0 Å². The molecule has 1 atom stereocenters. The second-order valence-corrected chi connectivity index (χ2v) is 3.41. The Balaban J connectivity index is 2.48. The third-order valence-electron chi connectivity index (χ3n) is 2.20. The summed E-state index contributed by atoms with van der Waals surface area (Å²) < 4.78 is 0. The van der Waals surface area contributed by atoms with Gasteiger partial charge in [-0.2, -0.15) is 0 Å². The lowest BCUT2D eigenvalue weighted by Gasteiger charge is -2.05. The Bertz CT molecular complexity index is 403. The summed E-state index contributed by atoms with van der Waals surface area (Å²) >= 11 is 0. The Hall–Kier alpha value is -1.28. The fraction of sp³-hybridized carbons (Fsp3) is 0.273. The molecule has 2 rings (SSSR count). The molecule has 1 heterocycles. The average molecular weight is 175 g/mol. The van der Waals surface area contributed by atoms with Gasteiger partial charge in [-0.25, -0.2) is 0 Å². The number of nitrogens with one attached hydrogen (secondary N) is 1. The maximum Gasteiger partial charge on any atom is 0.0552 e. The van der Waals surface area contributed by atoms with E-state index in [-0.39, 0.29) is 6.10 Å². The zero-order chi connectivity index (χ0) is 9.26. The molecule has 68 valence electrons. The van der Waals surface area contributed by atoms with Gasteiger partial charge in [-0.1, -0.05) is 12.1 Å². The molecule has 0 spiro atoms. The summed E-state index contributed by atoms with van der Waals surface area (Å²) in [6.45, 7) is 1.81. The summed E-state index contributed by atoms with van der Waals surface area (Å²) in [4.78, 5) is 3.15. The van der Waals surface area contributed by atoms with E-state index >= 15 is 0 Å². The van der Waals surface area contributed by atoms with Crippen LogP contribution in [0.3, 0.4) is 0 Å². The quantitative estimate of drug-likeness (QED) is 0.720. The lowest BCUT2D eigenvalue weighted by Crippen LogP contribution is -2.04. The van der Waals surface area contributed by atoms with Gasteiger partial charge in [0.15, 0.2) is 0 Å². The van der Waals surface area contributed by atoms with Crippen molar-refractivity contribution in [2.24, 2.45) is 0 Å². The van der Waals surface area contributed by atoms with Gasteiger partial charge < -0.3 is 10.1 Å². The highest BCUT2D eigenvalue weighted by atomic mass is 16.3. The van der Waals surface area contributed by atoms with Gasteiger partial charge >= 0.3 is 0 Å². The zero-order valence-corrected chi connectivity index (χ0v) is 7.62. The van der Waals surface area contributed by atoms with Crippen molar-refractivity contribution in [1.29, 1.82) is 0 Å². The highest BCUT2D eigenvalue weighted by molar-refractivity contribution is 5.82. The standard InChI is InChI=1S/C11H13NO/c1-8(13)7-9-3-2-4-11-10(9)5-6-12-11/h2-6,8,12-13H,7H2,1H3. The minimum atomic E-state index is -0.277. The predicted molar refractivity (Wildman–Crippen MR) is 53.7 cm³/mol. The monoisotopic (exact) mass is 175 g/mol. The van der Waals surface area contributed by atoms with Gasteiger partial charge in [-0.3, -0.25) is 0 Å². The number of aromatic nitrogens is 1. The molecule has 0 saturated carbocycles. The van der Waals surface area contributed by atoms with Gasteiger partial charge in [-0.05, 0) is 31.0 Å². The fourth-order valence-corrected chi connectivity index (χ4v) is 1.65. The SMILES string of the molecule is CC(O)Cc1cccc2[nH]ccc12. The van der Waals surface area contributed by atoms with Crippen LogP contribution in [0.25, 0.3) is 10.9 Å². The molecule has 1 unspecified atom stereocenters. The number of aromatic amines is 1. The molecule has 0 saturated heterocycles. The number of aliphatic hydroxyl groups excluding tert-OH is 1. The van der Waals surface area contributed by atoms with Crippen LogP contribution in [0.2, 0.25) is 0 Å². The van der Waals surface area contributed by atoms with Gasteiger partial charge in [0, 0.05) is 17.1 Å². The van der Waals surface area contributed by atoms with Crippen molar-refractivity contribution < 1.29 is 5.11 Å². The van der Waals surface area contributed by atoms with Crippen molar-refractivity contribution in [3.63, 3.8) is 0 Å². The molecule has 2 nitrogen and oxygen atoms in total. The molecule has 0 amide bonds. The Kier molecular flexibility index (Phi) is 2.07. The van der Waals surface area contributed by atoms with Crippen LogP contribution >= 0.6 is 0 Å². The van der Waals surface area contributed by atoms with E-state index in [9.17, 15) is 5.11 Å². The molecule has 2 heteroatoms. The Morgan fingerprint density at radius 2 is 2.23 bits per heavy atom. The molecule has 1 aromatic heterocycles. The van der Waals surface area contributed by atoms with E-state index in [1.54, 1.807) is 0 Å². The number of H-pyrrole nitrogens is 1. The average Bonchev–Trinajstić information content (AvgIpc) is 2.51. The summed E-state index contributed by atoms with van der Waals surface area (Å²) in [6, 6.07) is 8.16. The third-order valence-corrected chi connectivity index (χ3v) is 2.20. The van der Waals surface area contributed by atoms with Crippen LogP contribution in [0.15, 0.2) is 30.5 Å². The van der Waals surface area contributed by atoms with Crippen molar-refractivity contribution in [1.82, 2.24) is 4.98 Å². The van der Waals surface area contributed by atoms with Crippen molar-refractivity contribution in [3.05, 3.63) is 36.0 Å². The van der Waals surface area contributed by atoms with Crippen molar-refractivity contribution in [2.75, 3.05) is 0 Å². The van der Waals surface area contributed by atoms with Gasteiger partial charge in [0.1, 0.15) is 0 Å². The lowest BCUT2D eigenvalue weighted by atomic mass is 10.0. The molecule has 0 aliphatic rings. The molecule has 0 fully saturated rings. The summed E-state index contributed by atoms with van der Waals surface area (Å²) in [5.41, 5.74) is 2.34. The van der Waals surface area contributed by atoms with Gasteiger partial charge in [0.05, 0.1) is 6.10 Å². The topological polar surface area (TPSA) is 36.0 Å². The van der Waals surface area contributed by atoms with Gasteiger partial charge in [-0.15, -0.1) is 0 Å². The molecule has 2 N–H and O–H groups in total. The van der Waals surface area contributed by atoms with E-state index in [2.05, 4.69) is 11.1 Å². The van der Waals surface area contributed by atoms with Gasteiger partial charge in [0.2, 0.25) is 0 Å². The van der Waals surface area contributed by atoms with Crippen molar-refractivity contribution in [2.45, 2.75) is 19.4 Å². The first-order chi connectivity index (χ1) is 6.27. The Morgan fingerprint density at radius 1 is 1.38 bits per heavy atom. The highest BCUT2D eigenvalue weighted by Crippen LogP contribution is 2.18. The molecule has 0 bridgehead atoms. The number of aliphatic hydroxyl groups is 1. The van der Waals surface area contributed by atoms with E-state index in [0.29, 0.717) is 0 Å². The van der Waals surface area contributed by atoms with Crippen LogP contribution in [0, 0.1) is 0 Å². The highest BCUT2D eigenvalue weighted by Gasteiger charge is 2.03. The van der Waals surface area contributed by atoms with Crippen LogP contribution in [0.5, 0.6) is 0 Å². The van der Waals surface area contributed by atoms with E-state index in [0.717, 1.165) is 11.9 Å². The predicted octanol–water partition coefficient (Wildman–Crippen LogP) is 2.09. The van der Waals surface area contributed by atoms with Gasteiger partial charge in [0.25, 0.3) is 0 Å². The normalized spacial score (nSPS) is 13.4. The molecular weight excluding hydrogens is 162 g/mol. The van der Waals surface area contributed by atoms with E-state index in [1.165, 1.54) is 10.9 Å². The molecule has 13 heavy (non-hydrogen) atoms. The third kappa shape index (κ3) is 1.58. The first kappa shape index (κ1) is 8.32. The maximum atomic E-state index is 9.29. The molecule has 1 aromatic carbocycles. The number of benzene rings is 1. The molecule has 0 radical (unpaired) electrons. The fourth-order valence-electron chi connectivity index (χ4n) is 1.65. The molecule has 2 aromatic rings. The van der Waals surface area contributed by atoms with E-state index in [1.807, 2.05) is 31.3 Å². The number of hydrogen-bond donors (Lipinski definition) is 2. The minimum Gasteiger partial charge on any atom is -0.393 e. The number of rotatable bonds is 2. The molecule has 0 aliphatic carbocycles. The summed E-state index contributed by atoms with van der Waals surface area (Å²) in [6.07, 6.45) is 2.37. The maximum absolute atomic E-state index is 9.29. The summed E-state index contributed by atoms with van der Waals surface area (Å²) in [5, 5.41) is 10.5. The second kappa shape index (κ2) is 3.23. The second-order valence-electron chi connectivity index (χ2n) is 3.41. The Morgan fingerprint density at radius 3 is 3.00 bits per heavy atom. The van der Waals surface area contributed by atoms with Crippen LogP contribution < -0.4 is 0 Å². The van der Waals surface area contributed by atoms with Crippen LogP contribution in [0.4, 0.5) is 0 Å². The summed E-state index contributed by atoms with van der Waals surface area (Å²) in [7, 11) is 0. The minimum absolute atomic E-state index is 0.277. The lowest BCUT2D eigenvalue weighted by molar-refractivity contribution is 0.196. The van der Waals surface area contributed by atoms with Crippen LogP contribution in [-0.2, 0) is 6.42 Å². The largest absolute Gasteiger partial charge is 0.393 e. The smallest absolute Gasteiger partial charge is 0.0552 e. The van der Waals surface area contributed by atoms with Crippen LogP contribution in [0.1, 0.15) is 12.5 Å². The molecular formula is C11H13NO. The number of hydrogen-bond acceptors (Lipinski definition) is 1.